The van der Waals surface area contributed by atoms with E-state index < -0.39 is 10.8 Å². The summed E-state index contributed by atoms with van der Waals surface area (Å²) in [5, 5.41) is 14.1. The Labute approximate surface area is 152 Å². The lowest BCUT2D eigenvalue weighted by molar-refractivity contribution is -0.385. The van der Waals surface area contributed by atoms with Crippen LogP contribution in [-0.2, 0) is 11.2 Å². The lowest BCUT2D eigenvalue weighted by Gasteiger charge is -2.03. The van der Waals surface area contributed by atoms with Gasteiger partial charge in [-0.1, -0.05) is 18.2 Å². The van der Waals surface area contributed by atoms with Gasteiger partial charge in [0.2, 0.25) is 5.91 Å². The van der Waals surface area contributed by atoms with E-state index in [0.29, 0.717) is 16.4 Å². The van der Waals surface area contributed by atoms with Crippen LogP contribution in [0.3, 0.4) is 0 Å². The van der Waals surface area contributed by atoms with Crippen molar-refractivity contribution in [3.05, 3.63) is 74.9 Å². The van der Waals surface area contributed by atoms with Gasteiger partial charge in [0, 0.05) is 22.1 Å². The van der Waals surface area contributed by atoms with Gasteiger partial charge in [-0.2, -0.15) is 0 Å². The maximum absolute atomic E-state index is 13.1. The topological polar surface area (TPSA) is 85.1 Å². The molecule has 0 unspecified atom stereocenters. The number of nitro groups is 1. The van der Waals surface area contributed by atoms with Gasteiger partial charge in [-0.25, -0.2) is 9.37 Å². The number of nitrogens with one attached hydrogen (secondary N) is 1. The summed E-state index contributed by atoms with van der Waals surface area (Å²) >= 11 is 1.29. The number of para-hydroxylation sites is 1. The smallest absolute Gasteiger partial charge is 0.273 e. The number of carbonyl (C=O) groups excluding carboxylic acids is 1. The molecule has 132 valence electrons. The van der Waals surface area contributed by atoms with Crippen molar-refractivity contribution in [2.75, 3.05) is 5.32 Å². The molecule has 0 atom stereocenters. The molecule has 8 heteroatoms. The lowest BCUT2D eigenvalue weighted by atomic mass is 10.1. The fourth-order valence-electron chi connectivity index (χ4n) is 2.50. The molecule has 0 aliphatic carbocycles. The molecule has 2 aromatic carbocycles. The molecule has 0 saturated heterocycles. The summed E-state index contributed by atoms with van der Waals surface area (Å²) in [6, 6.07) is 12.1. The first kappa shape index (κ1) is 17.7. The third-order valence-corrected chi connectivity index (χ3v) is 4.59. The van der Waals surface area contributed by atoms with E-state index in [2.05, 4.69) is 10.3 Å². The fraction of sp³-hybridized carbons (Fsp3) is 0.111. The van der Waals surface area contributed by atoms with E-state index in [1.807, 2.05) is 6.92 Å². The van der Waals surface area contributed by atoms with E-state index in [9.17, 15) is 19.3 Å². The third kappa shape index (κ3) is 3.92. The average molecular weight is 371 g/mol. The molecule has 3 rings (SSSR count). The van der Waals surface area contributed by atoms with Crippen molar-refractivity contribution < 1.29 is 14.1 Å². The van der Waals surface area contributed by atoms with Crippen molar-refractivity contribution in [2.45, 2.75) is 13.3 Å². The highest BCUT2D eigenvalue weighted by Gasteiger charge is 2.17. The number of nitrogens with zero attached hydrogens (tertiary/aromatic N) is 2. The van der Waals surface area contributed by atoms with E-state index in [-0.39, 0.29) is 17.9 Å². The second kappa shape index (κ2) is 7.40. The van der Waals surface area contributed by atoms with Crippen LogP contribution in [0.5, 0.6) is 0 Å². The Balaban J connectivity index is 1.76. The van der Waals surface area contributed by atoms with Crippen molar-refractivity contribution in [3.8, 4) is 11.3 Å². The fourth-order valence-corrected chi connectivity index (χ4v) is 3.35. The number of halogens is 1. The maximum Gasteiger partial charge on any atom is 0.273 e. The number of hydrogen-bond acceptors (Lipinski definition) is 5. The van der Waals surface area contributed by atoms with Gasteiger partial charge in [0.15, 0.2) is 5.13 Å². The molecule has 0 radical (unpaired) electrons. The van der Waals surface area contributed by atoms with Gasteiger partial charge in [-0.05, 0) is 31.2 Å². The van der Waals surface area contributed by atoms with Crippen molar-refractivity contribution in [3.63, 3.8) is 0 Å². The zero-order valence-corrected chi connectivity index (χ0v) is 14.5. The molecule has 0 spiro atoms. The van der Waals surface area contributed by atoms with Gasteiger partial charge < -0.3 is 5.32 Å². The molecule has 1 N–H and O–H groups in total. The molecule has 1 aromatic heterocycles. The maximum atomic E-state index is 13.1. The number of hydrogen-bond donors (Lipinski definition) is 1. The third-order valence-electron chi connectivity index (χ3n) is 3.70. The van der Waals surface area contributed by atoms with E-state index in [0.717, 1.165) is 10.4 Å². The number of amides is 1. The normalized spacial score (nSPS) is 10.5. The molecule has 0 bridgehead atoms. The number of rotatable bonds is 5. The van der Waals surface area contributed by atoms with Gasteiger partial charge in [0.25, 0.3) is 5.69 Å². The summed E-state index contributed by atoms with van der Waals surface area (Å²) in [7, 11) is 0. The van der Waals surface area contributed by atoms with Crippen LogP contribution >= 0.6 is 11.3 Å². The SMILES string of the molecule is Cc1sc(NC(=O)Cc2ccccc2[N+](=O)[O-])nc1-c1ccc(F)cc1. The van der Waals surface area contributed by atoms with E-state index in [1.54, 1.807) is 30.3 Å². The highest BCUT2D eigenvalue weighted by molar-refractivity contribution is 7.16. The van der Waals surface area contributed by atoms with Gasteiger partial charge in [0.05, 0.1) is 17.0 Å². The van der Waals surface area contributed by atoms with E-state index >= 15 is 0 Å². The Morgan fingerprint density at radius 2 is 1.92 bits per heavy atom. The predicted molar refractivity (Wildman–Crippen MR) is 97.7 cm³/mol. The van der Waals surface area contributed by atoms with Crippen molar-refractivity contribution in [1.29, 1.82) is 0 Å². The van der Waals surface area contributed by atoms with Gasteiger partial charge >= 0.3 is 0 Å². The minimum absolute atomic E-state index is 0.0926. The quantitative estimate of drug-likeness (QED) is 0.534. The van der Waals surface area contributed by atoms with Gasteiger partial charge in [-0.3, -0.25) is 14.9 Å². The number of aryl methyl sites for hydroxylation is 1. The number of benzene rings is 2. The number of thiazole rings is 1. The van der Waals surface area contributed by atoms with Crippen molar-refractivity contribution >= 4 is 28.1 Å². The Morgan fingerprint density at radius 3 is 2.62 bits per heavy atom. The summed E-state index contributed by atoms with van der Waals surface area (Å²) in [4.78, 5) is 28.0. The second-order valence-electron chi connectivity index (χ2n) is 5.54. The molecule has 1 amide bonds. The average Bonchev–Trinajstić information content (AvgIpc) is 2.96. The molecular formula is C18H14FN3O3S. The molecule has 3 aromatic rings. The van der Waals surface area contributed by atoms with Crippen LogP contribution in [0.1, 0.15) is 10.4 Å². The van der Waals surface area contributed by atoms with Crippen molar-refractivity contribution in [2.24, 2.45) is 0 Å². The Hall–Kier alpha value is -3.13. The minimum Gasteiger partial charge on any atom is -0.302 e. The van der Waals surface area contributed by atoms with Gasteiger partial charge in [-0.15, -0.1) is 11.3 Å². The highest BCUT2D eigenvalue weighted by Crippen LogP contribution is 2.30. The summed E-state index contributed by atoms with van der Waals surface area (Å²) in [5.74, 6) is -0.724. The van der Waals surface area contributed by atoms with Gasteiger partial charge in [0.1, 0.15) is 5.82 Å². The molecule has 0 aliphatic heterocycles. The molecule has 0 fully saturated rings. The summed E-state index contributed by atoms with van der Waals surface area (Å²) in [6.45, 7) is 1.86. The molecule has 26 heavy (non-hydrogen) atoms. The Kier molecular flexibility index (Phi) is 5.04. The number of carbonyl (C=O) groups is 1. The number of anilines is 1. The van der Waals surface area contributed by atoms with Crippen LogP contribution in [0.25, 0.3) is 11.3 Å². The molecule has 0 saturated carbocycles. The van der Waals surface area contributed by atoms with Crippen LogP contribution in [0.4, 0.5) is 15.2 Å². The Morgan fingerprint density at radius 1 is 1.23 bits per heavy atom. The monoisotopic (exact) mass is 371 g/mol. The summed E-state index contributed by atoms with van der Waals surface area (Å²) < 4.78 is 13.1. The zero-order chi connectivity index (χ0) is 18.7. The molecular weight excluding hydrogens is 357 g/mol. The van der Waals surface area contributed by atoms with Crippen LogP contribution in [0, 0.1) is 22.9 Å². The largest absolute Gasteiger partial charge is 0.302 e. The summed E-state index contributed by atoms with van der Waals surface area (Å²) in [6.07, 6.45) is -0.123. The molecule has 1 heterocycles. The first-order valence-corrected chi connectivity index (χ1v) is 8.51. The lowest BCUT2D eigenvalue weighted by Crippen LogP contribution is -2.15. The first-order valence-electron chi connectivity index (χ1n) is 7.69. The second-order valence-corrected chi connectivity index (χ2v) is 6.74. The van der Waals surface area contributed by atoms with E-state index in [4.69, 9.17) is 0 Å². The Bertz CT molecular complexity index is 970. The molecule has 6 nitrogen and oxygen atoms in total. The van der Waals surface area contributed by atoms with E-state index in [1.165, 1.54) is 29.5 Å². The highest BCUT2D eigenvalue weighted by atomic mass is 32.1. The van der Waals surface area contributed by atoms with Crippen molar-refractivity contribution in [1.82, 2.24) is 4.98 Å². The number of aromatic nitrogens is 1. The zero-order valence-electron chi connectivity index (χ0n) is 13.7. The molecule has 0 aliphatic rings. The van der Waals surface area contributed by atoms with Crippen LogP contribution in [-0.4, -0.2) is 15.8 Å². The van der Waals surface area contributed by atoms with Crippen LogP contribution < -0.4 is 5.32 Å². The van der Waals surface area contributed by atoms with Crippen LogP contribution in [0.15, 0.2) is 48.5 Å². The van der Waals surface area contributed by atoms with Crippen LogP contribution in [0.2, 0.25) is 0 Å². The summed E-state index contributed by atoms with van der Waals surface area (Å²) in [5.41, 5.74) is 1.65. The first-order chi connectivity index (χ1) is 12.4. The minimum atomic E-state index is -0.511. The number of nitro benzene ring substituents is 1. The standard InChI is InChI=1S/C18H14FN3O3S/c1-11-17(12-6-8-14(19)9-7-12)21-18(26-11)20-16(23)10-13-4-2-3-5-15(13)22(24)25/h2-9H,10H2,1H3,(H,20,21,23). The predicted octanol–water partition coefficient (Wildman–Crippen LogP) is 4.35.